The molecule has 1 amide bonds. The lowest BCUT2D eigenvalue weighted by molar-refractivity contribution is -0.0321. The molecular weight excluding hydrogens is 320 g/mol. The van der Waals surface area contributed by atoms with E-state index in [4.69, 9.17) is 0 Å². The van der Waals surface area contributed by atoms with E-state index in [9.17, 15) is 9.90 Å². The average Bonchev–Trinajstić information content (AvgIpc) is 3.12. The van der Waals surface area contributed by atoms with Crippen molar-refractivity contribution in [2.24, 2.45) is 0 Å². The van der Waals surface area contributed by atoms with E-state index in [-0.39, 0.29) is 18.5 Å². The third-order valence-corrected chi connectivity index (χ3v) is 5.16. The highest BCUT2D eigenvalue weighted by atomic mass is 16.3. The van der Waals surface area contributed by atoms with E-state index in [0.29, 0.717) is 30.1 Å². The summed E-state index contributed by atoms with van der Waals surface area (Å²) in [5.41, 5.74) is 0.959. The van der Waals surface area contributed by atoms with Crippen molar-refractivity contribution in [1.29, 1.82) is 0 Å². The first kappa shape index (κ1) is 16.3. The second-order valence-electron chi connectivity index (χ2n) is 7.51. The molecule has 25 heavy (non-hydrogen) atoms. The highest BCUT2D eigenvalue weighted by Gasteiger charge is 2.40. The fraction of sp³-hybridized carbons (Fsp3) is 0.647. The van der Waals surface area contributed by atoms with E-state index >= 15 is 0 Å². The molecule has 1 saturated carbocycles. The topological polar surface area (TPSA) is 99.9 Å². The van der Waals surface area contributed by atoms with Crippen LogP contribution < -0.4 is 0 Å². The van der Waals surface area contributed by atoms with Crippen molar-refractivity contribution in [2.75, 3.05) is 13.1 Å². The Morgan fingerprint density at radius 3 is 2.92 bits per heavy atom. The molecule has 2 aromatic heterocycles. The van der Waals surface area contributed by atoms with Crippen LogP contribution in [0.15, 0.2) is 12.4 Å². The van der Waals surface area contributed by atoms with Crippen LogP contribution in [-0.2, 0) is 5.60 Å². The molecule has 1 aliphatic heterocycles. The van der Waals surface area contributed by atoms with E-state index in [1.165, 1.54) is 0 Å². The number of carbonyl (C=O) groups excluding carboxylic acids is 1. The number of rotatable bonds is 4. The fourth-order valence-electron chi connectivity index (χ4n) is 3.48. The van der Waals surface area contributed by atoms with E-state index in [1.54, 1.807) is 22.0 Å². The highest BCUT2D eigenvalue weighted by molar-refractivity contribution is 5.95. The van der Waals surface area contributed by atoms with Gasteiger partial charge in [0.1, 0.15) is 11.3 Å². The highest BCUT2D eigenvalue weighted by Crippen LogP contribution is 2.41. The van der Waals surface area contributed by atoms with Gasteiger partial charge < -0.3 is 10.0 Å². The minimum atomic E-state index is -1.15. The van der Waals surface area contributed by atoms with Crippen LogP contribution in [0.1, 0.15) is 73.2 Å². The molecule has 2 fully saturated rings. The quantitative estimate of drug-likeness (QED) is 0.877. The number of H-pyrrole nitrogens is 1. The van der Waals surface area contributed by atoms with Crippen LogP contribution in [-0.4, -0.2) is 54.2 Å². The second-order valence-corrected chi connectivity index (χ2v) is 7.51. The number of β-amino-alcohol motifs (C(OH)–C–C–N with tert-alkyl or cyclic N) is 1. The Kier molecular flexibility index (Phi) is 3.87. The number of aliphatic hydroxyl groups is 1. The number of aromatic nitrogens is 5. The van der Waals surface area contributed by atoms with Gasteiger partial charge in [-0.15, -0.1) is 5.10 Å². The molecule has 1 aliphatic carbocycles. The molecule has 2 aliphatic rings. The Balaban J connectivity index is 1.55. The minimum absolute atomic E-state index is 0.0648. The monoisotopic (exact) mass is 344 g/mol. The predicted octanol–water partition coefficient (Wildman–Crippen LogP) is 1.58. The molecule has 8 heteroatoms. The van der Waals surface area contributed by atoms with Crippen LogP contribution in [0.2, 0.25) is 0 Å². The summed E-state index contributed by atoms with van der Waals surface area (Å²) in [5, 5.41) is 26.4. The minimum Gasteiger partial charge on any atom is -0.382 e. The van der Waals surface area contributed by atoms with Gasteiger partial charge in [0.15, 0.2) is 0 Å². The van der Waals surface area contributed by atoms with Gasteiger partial charge in [0.05, 0.1) is 30.2 Å². The Bertz CT molecular complexity index is 778. The van der Waals surface area contributed by atoms with Crippen LogP contribution in [0.3, 0.4) is 0 Å². The maximum Gasteiger partial charge on any atom is 0.257 e. The van der Waals surface area contributed by atoms with Crippen molar-refractivity contribution in [3.05, 3.63) is 29.3 Å². The molecule has 0 spiro atoms. The van der Waals surface area contributed by atoms with Gasteiger partial charge in [0.25, 0.3) is 5.91 Å². The number of hydrogen-bond acceptors (Lipinski definition) is 5. The molecule has 2 aromatic rings. The molecule has 0 radical (unpaired) electrons. The van der Waals surface area contributed by atoms with Crippen molar-refractivity contribution >= 4 is 5.91 Å². The van der Waals surface area contributed by atoms with Crippen LogP contribution in [0.4, 0.5) is 0 Å². The molecule has 0 unspecified atom stereocenters. The molecule has 1 saturated heterocycles. The summed E-state index contributed by atoms with van der Waals surface area (Å²) in [6, 6.07) is 0.179. The molecule has 0 aromatic carbocycles. The van der Waals surface area contributed by atoms with E-state index < -0.39 is 5.60 Å². The molecule has 3 heterocycles. The van der Waals surface area contributed by atoms with Gasteiger partial charge >= 0.3 is 0 Å². The van der Waals surface area contributed by atoms with Crippen molar-refractivity contribution in [3.63, 3.8) is 0 Å². The average molecular weight is 344 g/mol. The smallest absolute Gasteiger partial charge is 0.257 e. The molecule has 4 rings (SSSR count). The number of hydrogen-bond donors (Lipinski definition) is 2. The number of nitrogens with one attached hydrogen (secondary N) is 1. The lowest BCUT2D eigenvalue weighted by Gasteiger charge is -2.38. The molecule has 0 bridgehead atoms. The van der Waals surface area contributed by atoms with Gasteiger partial charge in [0, 0.05) is 18.5 Å². The summed E-state index contributed by atoms with van der Waals surface area (Å²) < 4.78 is 1.73. The maximum atomic E-state index is 13.0. The summed E-state index contributed by atoms with van der Waals surface area (Å²) in [4.78, 5) is 14.7. The lowest BCUT2D eigenvalue weighted by atomic mass is 9.89. The summed E-state index contributed by atoms with van der Waals surface area (Å²) in [6.07, 6.45) is 6.90. The van der Waals surface area contributed by atoms with Gasteiger partial charge in [-0.2, -0.15) is 5.10 Å². The fourth-order valence-corrected chi connectivity index (χ4v) is 3.48. The van der Waals surface area contributed by atoms with Gasteiger partial charge in [-0.05, 0) is 39.5 Å². The molecule has 1 atom stereocenters. The van der Waals surface area contributed by atoms with Crippen LogP contribution >= 0.6 is 0 Å². The van der Waals surface area contributed by atoms with Crippen LogP contribution in [0.5, 0.6) is 0 Å². The van der Waals surface area contributed by atoms with Crippen LogP contribution in [0.25, 0.3) is 0 Å². The molecule has 2 N–H and O–H groups in total. The third kappa shape index (κ3) is 2.95. The zero-order valence-corrected chi connectivity index (χ0v) is 14.6. The zero-order valence-electron chi connectivity index (χ0n) is 14.6. The maximum absolute atomic E-state index is 13.0. The molecule has 134 valence electrons. The normalized spacial score (nSPS) is 24.1. The SMILES string of the molecule is CC(C)n1cc([C@]2(O)CCCN(C(=O)c3cn[nH]c3C3CC3)C2)nn1. The lowest BCUT2D eigenvalue weighted by Crippen LogP contribution is -2.48. The molecular formula is C17H24N6O2. The van der Waals surface area contributed by atoms with Gasteiger partial charge in [-0.25, -0.2) is 4.68 Å². The number of piperidine rings is 1. The standard InChI is InChI=1S/C17H24N6O2/c1-11(2)23-9-14(19-21-23)17(25)6-3-7-22(10-17)16(24)13-8-18-20-15(13)12-4-5-12/h8-9,11-12,25H,3-7,10H2,1-2H3,(H,18,20)/t17-/m0/s1. The Morgan fingerprint density at radius 1 is 1.44 bits per heavy atom. The van der Waals surface area contributed by atoms with E-state index in [2.05, 4.69) is 20.5 Å². The van der Waals surface area contributed by atoms with Gasteiger partial charge in [0.2, 0.25) is 0 Å². The Labute approximate surface area is 146 Å². The van der Waals surface area contributed by atoms with Crippen LogP contribution in [0, 0.1) is 0 Å². The van der Waals surface area contributed by atoms with Crippen molar-refractivity contribution in [2.45, 2.75) is 57.1 Å². The van der Waals surface area contributed by atoms with Crippen molar-refractivity contribution in [3.8, 4) is 0 Å². The summed E-state index contributed by atoms with van der Waals surface area (Å²) in [5.74, 6) is 0.362. The first-order chi connectivity index (χ1) is 12.0. The molecule has 8 nitrogen and oxygen atoms in total. The first-order valence-corrected chi connectivity index (χ1v) is 8.95. The Hall–Kier alpha value is -2.22. The summed E-state index contributed by atoms with van der Waals surface area (Å²) in [6.45, 7) is 4.89. The summed E-state index contributed by atoms with van der Waals surface area (Å²) >= 11 is 0. The number of likely N-dealkylation sites (tertiary alicyclic amines) is 1. The predicted molar refractivity (Wildman–Crippen MR) is 90.0 cm³/mol. The first-order valence-electron chi connectivity index (χ1n) is 8.95. The van der Waals surface area contributed by atoms with Gasteiger partial charge in [-0.1, -0.05) is 5.21 Å². The van der Waals surface area contributed by atoms with Crippen molar-refractivity contribution in [1.82, 2.24) is 30.1 Å². The second kappa shape index (κ2) is 5.94. The number of nitrogens with zero attached hydrogens (tertiary/aromatic N) is 5. The van der Waals surface area contributed by atoms with E-state index in [0.717, 1.165) is 25.0 Å². The summed E-state index contributed by atoms with van der Waals surface area (Å²) in [7, 11) is 0. The van der Waals surface area contributed by atoms with E-state index in [1.807, 2.05) is 13.8 Å². The Morgan fingerprint density at radius 2 is 2.24 bits per heavy atom. The van der Waals surface area contributed by atoms with Crippen molar-refractivity contribution < 1.29 is 9.90 Å². The van der Waals surface area contributed by atoms with Gasteiger partial charge in [-0.3, -0.25) is 9.89 Å². The number of amides is 1. The third-order valence-electron chi connectivity index (χ3n) is 5.16. The number of carbonyl (C=O) groups is 1. The number of aromatic amines is 1. The largest absolute Gasteiger partial charge is 0.382 e. The zero-order chi connectivity index (χ0) is 17.6.